The maximum Gasteiger partial charge on any atom is 0.158 e. The summed E-state index contributed by atoms with van der Waals surface area (Å²) in [6.07, 6.45) is 0. The number of rotatable bonds is 0. The van der Waals surface area contributed by atoms with Gasteiger partial charge >= 0.3 is 0 Å². The number of phenols is 2. The average molecular weight is 454 g/mol. The quantitative estimate of drug-likeness (QED) is 0.450. The Balaban J connectivity index is 2.35. The van der Waals surface area contributed by atoms with Gasteiger partial charge in [-0.15, -0.1) is 0 Å². The standard InChI is InChI=1S/C14H18Br2N2O5/c15-9-11-13(19)10(16)12(14(9)20)18-2-4-22-6-8-23-7-5-21-3-1-17-11/h19-20H,1-8H2. The number of ether oxygens (including phenoxy) is 3. The molecule has 2 N–H and O–H groups in total. The lowest BCUT2D eigenvalue weighted by Gasteiger charge is -2.06. The first-order valence-corrected chi connectivity index (χ1v) is 8.72. The molecule has 2 aliphatic rings. The molecule has 1 aromatic carbocycles. The summed E-state index contributed by atoms with van der Waals surface area (Å²) in [7, 11) is 0. The van der Waals surface area contributed by atoms with Gasteiger partial charge in [0.25, 0.3) is 0 Å². The van der Waals surface area contributed by atoms with Gasteiger partial charge in [-0.3, -0.25) is 9.98 Å². The van der Waals surface area contributed by atoms with Crippen LogP contribution in [0.15, 0.2) is 18.9 Å². The Morgan fingerprint density at radius 2 is 1.00 bits per heavy atom. The molecule has 0 aromatic heterocycles. The number of phenolic OH excluding ortho intramolecular Hbond substituents is 2. The molecule has 3 rings (SSSR count). The van der Waals surface area contributed by atoms with E-state index in [2.05, 4.69) is 41.8 Å². The molecule has 2 heterocycles. The van der Waals surface area contributed by atoms with E-state index in [1.807, 2.05) is 0 Å². The molecule has 0 aliphatic carbocycles. The Kier molecular flexibility index (Phi) is 7.71. The van der Waals surface area contributed by atoms with Gasteiger partial charge in [0.2, 0.25) is 0 Å². The van der Waals surface area contributed by atoms with Crippen LogP contribution in [0.2, 0.25) is 0 Å². The molecule has 0 atom stereocenters. The summed E-state index contributed by atoms with van der Waals surface area (Å²) in [5.41, 5.74) is 0. The lowest BCUT2D eigenvalue weighted by molar-refractivity contribution is 0.0174. The van der Waals surface area contributed by atoms with Crippen molar-refractivity contribution in [2.75, 3.05) is 52.7 Å². The van der Waals surface area contributed by atoms with Crippen molar-refractivity contribution in [3.05, 3.63) is 19.7 Å². The topological polar surface area (TPSA) is 92.9 Å². The van der Waals surface area contributed by atoms with E-state index < -0.39 is 0 Å². The number of fused-ring (bicyclic) bond motifs is 14. The molecule has 0 amide bonds. The first kappa shape index (κ1) is 18.6. The minimum absolute atomic E-state index is 0.0815. The summed E-state index contributed by atoms with van der Waals surface area (Å²) in [6.45, 7) is 3.37. The van der Waals surface area contributed by atoms with Crippen molar-refractivity contribution in [3.8, 4) is 11.5 Å². The summed E-state index contributed by atoms with van der Waals surface area (Å²) in [4.78, 5) is 8.52. The van der Waals surface area contributed by atoms with Crippen LogP contribution in [0.5, 0.6) is 11.5 Å². The minimum Gasteiger partial charge on any atom is -0.504 e. The highest BCUT2D eigenvalue weighted by Crippen LogP contribution is 2.24. The van der Waals surface area contributed by atoms with Gasteiger partial charge in [-0.25, -0.2) is 0 Å². The van der Waals surface area contributed by atoms with Crippen LogP contribution in [0.25, 0.3) is 0 Å². The molecule has 0 fully saturated rings. The zero-order chi connectivity index (χ0) is 16.7. The summed E-state index contributed by atoms with van der Waals surface area (Å²) in [5.74, 6) is -0.163. The fourth-order valence-electron chi connectivity index (χ4n) is 1.91. The van der Waals surface area contributed by atoms with E-state index in [1.165, 1.54) is 0 Å². The average Bonchev–Trinajstić information content (AvgIpc) is 2.55. The molecular formula is C14H18Br2N2O5. The van der Waals surface area contributed by atoms with Crippen LogP contribution >= 0.6 is 31.9 Å². The summed E-state index contributed by atoms with van der Waals surface area (Å²) in [6, 6.07) is 0. The predicted octanol–water partition coefficient (Wildman–Crippen LogP) is 0.925. The fourth-order valence-corrected chi connectivity index (χ4v) is 2.92. The molecule has 2 aliphatic heterocycles. The highest BCUT2D eigenvalue weighted by molar-refractivity contribution is 9.11. The van der Waals surface area contributed by atoms with Gasteiger partial charge in [0.1, 0.15) is 10.7 Å². The maximum atomic E-state index is 10.3. The van der Waals surface area contributed by atoms with Crippen LogP contribution in [-0.2, 0) is 14.2 Å². The predicted molar refractivity (Wildman–Crippen MR) is 89.7 cm³/mol. The number of hydrogen-bond donors (Lipinski definition) is 2. The van der Waals surface area contributed by atoms with Gasteiger partial charge in [0, 0.05) is 0 Å². The minimum atomic E-state index is -0.0815. The summed E-state index contributed by atoms with van der Waals surface area (Å²) in [5, 5.41) is 21.0. The lowest BCUT2D eigenvalue weighted by atomic mass is 10.3. The SMILES string of the molecule is Oc1c(Br)c2c(O)c(Br)c1=NCCOCCOCCOCCN=2. The number of hydrogen-bond acceptors (Lipinski definition) is 7. The molecule has 0 spiro atoms. The Bertz CT molecular complexity index is 564. The number of nitrogens with zero attached hydrogens (tertiary/aromatic N) is 2. The molecule has 1 aromatic rings. The van der Waals surface area contributed by atoms with E-state index in [9.17, 15) is 10.2 Å². The van der Waals surface area contributed by atoms with Crippen molar-refractivity contribution in [2.24, 2.45) is 9.98 Å². The largest absolute Gasteiger partial charge is 0.504 e. The molecule has 7 nitrogen and oxygen atoms in total. The first-order valence-electron chi connectivity index (χ1n) is 7.14. The van der Waals surface area contributed by atoms with Crippen molar-refractivity contribution in [2.45, 2.75) is 0 Å². The molecule has 9 heteroatoms. The smallest absolute Gasteiger partial charge is 0.158 e. The third-order valence-electron chi connectivity index (χ3n) is 3.04. The van der Waals surface area contributed by atoms with Gasteiger partial charge in [-0.1, -0.05) is 0 Å². The van der Waals surface area contributed by atoms with E-state index in [-0.39, 0.29) is 22.2 Å². The van der Waals surface area contributed by atoms with Gasteiger partial charge in [0.05, 0.1) is 61.7 Å². The molecule has 0 saturated heterocycles. The van der Waals surface area contributed by atoms with Crippen molar-refractivity contribution < 1.29 is 24.4 Å². The van der Waals surface area contributed by atoms with Crippen LogP contribution < -0.4 is 10.7 Å². The highest BCUT2D eigenvalue weighted by atomic mass is 79.9. The Morgan fingerprint density at radius 1 is 0.652 bits per heavy atom. The van der Waals surface area contributed by atoms with Crippen molar-refractivity contribution in [1.29, 1.82) is 0 Å². The lowest BCUT2D eigenvalue weighted by Crippen LogP contribution is -2.17. The number of benzene rings is 1. The van der Waals surface area contributed by atoms with Crippen LogP contribution in [-0.4, -0.2) is 62.9 Å². The molecule has 0 radical (unpaired) electrons. The van der Waals surface area contributed by atoms with Crippen LogP contribution in [0.4, 0.5) is 0 Å². The van der Waals surface area contributed by atoms with E-state index in [1.54, 1.807) is 0 Å². The van der Waals surface area contributed by atoms with E-state index >= 15 is 0 Å². The van der Waals surface area contributed by atoms with Crippen molar-refractivity contribution in [3.63, 3.8) is 0 Å². The second-order valence-corrected chi connectivity index (χ2v) is 6.21. The van der Waals surface area contributed by atoms with Crippen LogP contribution in [0.3, 0.4) is 0 Å². The third-order valence-corrected chi connectivity index (χ3v) is 4.54. The molecule has 23 heavy (non-hydrogen) atoms. The summed E-state index contributed by atoms with van der Waals surface area (Å²) >= 11 is 6.51. The van der Waals surface area contributed by atoms with Crippen LogP contribution in [0, 0.1) is 0 Å². The van der Waals surface area contributed by atoms with Crippen LogP contribution in [0.1, 0.15) is 0 Å². The van der Waals surface area contributed by atoms with Gasteiger partial charge < -0.3 is 24.4 Å². The fraction of sp³-hybridized carbons (Fsp3) is 0.571. The summed E-state index contributed by atoms with van der Waals surface area (Å²) < 4.78 is 16.7. The van der Waals surface area contributed by atoms with E-state index in [0.717, 1.165) is 0 Å². The van der Waals surface area contributed by atoms with E-state index in [4.69, 9.17) is 14.2 Å². The Labute approximate surface area is 150 Å². The number of halogens is 2. The third kappa shape index (κ3) is 5.12. The molecule has 128 valence electrons. The normalized spacial score (nSPS) is 18.0. The first-order chi connectivity index (χ1) is 11.1. The second kappa shape index (κ2) is 9.53. The molecule has 0 unspecified atom stereocenters. The Morgan fingerprint density at radius 3 is 1.39 bits per heavy atom. The second-order valence-electron chi connectivity index (χ2n) is 4.62. The van der Waals surface area contributed by atoms with E-state index in [0.29, 0.717) is 61.7 Å². The maximum absolute atomic E-state index is 10.3. The number of aromatic hydroxyl groups is 2. The van der Waals surface area contributed by atoms with Crippen molar-refractivity contribution in [1.82, 2.24) is 0 Å². The van der Waals surface area contributed by atoms with Gasteiger partial charge in [-0.05, 0) is 31.9 Å². The van der Waals surface area contributed by atoms with Crippen molar-refractivity contribution >= 4 is 31.9 Å². The van der Waals surface area contributed by atoms with Gasteiger partial charge in [0.15, 0.2) is 11.5 Å². The van der Waals surface area contributed by atoms with Gasteiger partial charge in [-0.2, -0.15) is 0 Å². The zero-order valence-corrected chi connectivity index (χ0v) is 15.6. The molecule has 0 saturated carbocycles. The highest BCUT2D eigenvalue weighted by Gasteiger charge is 2.15. The Hall–Kier alpha value is -0.740. The zero-order valence-electron chi connectivity index (χ0n) is 12.4. The monoisotopic (exact) mass is 452 g/mol. The molecule has 2 bridgehead atoms. The molecular weight excluding hydrogens is 436 g/mol.